The molecule has 3 rings (SSSR count). The molecule has 0 bridgehead atoms. The van der Waals surface area contributed by atoms with Crippen LogP contribution in [0.15, 0.2) is 65.3 Å². The Morgan fingerprint density at radius 3 is 2.65 bits per heavy atom. The van der Waals surface area contributed by atoms with Gasteiger partial charge in [-0.25, -0.2) is 0 Å². The van der Waals surface area contributed by atoms with Gasteiger partial charge in [0.05, 0.1) is 16.8 Å². The van der Waals surface area contributed by atoms with Crippen molar-refractivity contribution in [2.45, 2.75) is 0 Å². The molecular formula is C16H11BrN2O. The summed E-state index contributed by atoms with van der Waals surface area (Å²) >= 11 is 3.42. The van der Waals surface area contributed by atoms with Crippen molar-refractivity contribution in [3.8, 4) is 0 Å². The van der Waals surface area contributed by atoms with Crippen molar-refractivity contribution in [2.24, 2.45) is 0 Å². The number of nitrogens with zero attached hydrogens (tertiary/aromatic N) is 1. The summed E-state index contributed by atoms with van der Waals surface area (Å²) in [6.45, 7) is 0. The second kappa shape index (κ2) is 5.43. The zero-order valence-corrected chi connectivity index (χ0v) is 12.1. The number of para-hydroxylation sites is 2. The molecule has 0 atom stereocenters. The van der Waals surface area contributed by atoms with Crippen molar-refractivity contribution in [1.82, 2.24) is 4.98 Å². The number of aromatic nitrogens is 1. The number of hydrogen-bond donors (Lipinski definition) is 1. The van der Waals surface area contributed by atoms with Crippen LogP contribution < -0.4 is 5.32 Å². The lowest BCUT2D eigenvalue weighted by atomic mass is 10.1. The third-order valence-electron chi connectivity index (χ3n) is 3.00. The minimum Gasteiger partial charge on any atom is -0.321 e. The van der Waals surface area contributed by atoms with Crippen LogP contribution in [0.4, 0.5) is 5.69 Å². The van der Waals surface area contributed by atoms with Gasteiger partial charge in [0.2, 0.25) is 0 Å². The number of rotatable bonds is 2. The average molecular weight is 327 g/mol. The first kappa shape index (κ1) is 12.8. The molecule has 20 heavy (non-hydrogen) atoms. The number of benzene rings is 2. The number of fused-ring (bicyclic) bond motifs is 1. The smallest absolute Gasteiger partial charge is 0.257 e. The van der Waals surface area contributed by atoms with E-state index in [1.165, 1.54) is 0 Å². The monoisotopic (exact) mass is 326 g/mol. The highest BCUT2D eigenvalue weighted by Gasteiger charge is 2.11. The molecule has 0 unspecified atom stereocenters. The SMILES string of the molecule is O=C(Nc1ccccc1Br)c1cccc2cccnc12. The number of anilines is 1. The first-order valence-electron chi connectivity index (χ1n) is 6.15. The van der Waals surface area contributed by atoms with Gasteiger partial charge < -0.3 is 5.32 Å². The van der Waals surface area contributed by atoms with Gasteiger partial charge in [-0.15, -0.1) is 0 Å². The molecule has 98 valence electrons. The second-order valence-corrected chi connectivity index (χ2v) is 5.17. The molecule has 1 aromatic heterocycles. The Bertz CT molecular complexity index is 781. The first-order chi connectivity index (χ1) is 9.75. The van der Waals surface area contributed by atoms with Crippen LogP contribution >= 0.6 is 15.9 Å². The molecule has 3 nitrogen and oxygen atoms in total. The first-order valence-corrected chi connectivity index (χ1v) is 6.94. The Morgan fingerprint density at radius 1 is 1.00 bits per heavy atom. The van der Waals surface area contributed by atoms with Gasteiger partial charge in [0.15, 0.2) is 0 Å². The second-order valence-electron chi connectivity index (χ2n) is 4.31. The highest BCUT2D eigenvalue weighted by atomic mass is 79.9. The molecule has 1 heterocycles. The number of nitrogens with one attached hydrogen (secondary N) is 1. The minimum atomic E-state index is -0.166. The Hall–Kier alpha value is -2.20. The standard InChI is InChI=1S/C16H11BrN2O/c17-13-8-1-2-9-14(13)19-16(20)12-7-3-5-11-6-4-10-18-15(11)12/h1-10H,(H,19,20). The molecule has 0 aliphatic rings. The molecule has 0 saturated heterocycles. The zero-order chi connectivity index (χ0) is 13.9. The lowest BCUT2D eigenvalue weighted by Crippen LogP contribution is -2.13. The van der Waals surface area contributed by atoms with E-state index < -0.39 is 0 Å². The van der Waals surface area contributed by atoms with Gasteiger partial charge in [0, 0.05) is 16.1 Å². The predicted octanol–water partition coefficient (Wildman–Crippen LogP) is 4.25. The highest BCUT2D eigenvalue weighted by molar-refractivity contribution is 9.10. The molecule has 0 spiro atoms. The molecule has 1 amide bonds. The molecule has 3 aromatic rings. The molecule has 2 aromatic carbocycles. The van der Waals surface area contributed by atoms with E-state index in [0.717, 1.165) is 15.5 Å². The number of carbonyl (C=O) groups excluding carboxylic acids is 1. The summed E-state index contributed by atoms with van der Waals surface area (Å²) in [5.74, 6) is -0.166. The molecule has 4 heteroatoms. The predicted molar refractivity (Wildman–Crippen MR) is 83.8 cm³/mol. The summed E-state index contributed by atoms with van der Waals surface area (Å²) in [5, 5.41) is 3.84. The van der Waals surface area contributed by atoms with E-state index in [9.17, 15) is 4.79 Å². The molecular weight excluding hydrogens is 316 g/mol. The maximum atomic E-state index is 12.4. The molecule has 0 saturated carbocycles. The minimum absolute atomic E-state index is 0.166. The topological polar surface area (TPSA) is 42.0 Å². The summed E-state index contributed by atoms with van der Waals surface area (Å²) in [5.41, 5.74) is 2.02. The summed E-state index contributed by atoms with van der Waals surface area (Å²) in [7, 11) is 0. The van der Waals surface area contributed by atoms with E-state index in [0.29, 0.717) is 11.1 Å². The van der Waals surface area contributed by atoms with Crippen molar-refractivity contribution in [3.63, 3.8) is 0 Å². The fraction of sp³-hybridized carbons (Fsp3) is 0. The number of carbonyl (C=O) groups is 1. The molecule has 0 aliphatic heterocycles. The van der Waals surface area contributed by atoms with Crippen LogP contribution in [0.1, 0.15) is 10.4 Å². The quantitative estimate of drug-likeness (QED) is 0.764. The number of halogens is 1. The molecule has 0 aliphatic carbocycles. The van der Waals surface area contributed by atoms with Crippen molar-refractivity contribution in [3.05, 3.63) is 70.8 Å². The lowest BCUT2D eigenvalue weighted by Gasteiger charge is -2.08. The maximum absolute atomic E-state index is 12.4. The van der Waals surface area contributed by atoms with Crippen LogP contribution in [-0.2, 0) is 0 Å². The number of pyridine rings is 1. The van der Waals surface area contributed by atoms with Gasteiger partial charge in [0.1, 0.15) is 0 Å². The van der Waals surface area contributed by atoms with E-state index in [-0.39, 0.29) is 5.91 Å². The summed E-state index contributed by atoms with van der Waals surface area (Å²) in [4.78, 5) is 16.7. The van der Waals surface area contributed by atoms with Crippen LogP contribution in [-0.4, -0.2) is 10.9 Å². The van der Waals surface area contributed by atoms with Gasteiger partial charge in [-0.2, -0.15) is 0 Å². The number of hydrogen-bond acceptors (Lipinski definition) is 2. The lowest BCUT2D eigenvalue weighted by molar-refractivity contribution is 0.102. The maximum Gasteiger partial charge on any atom is 0.257 e. The Labute approximate surface area is 124 Å². The third kappa shape index (κ3) is 2.42. The van der Waals surface area contributed by atoms with Gasteiger partial charge in [-0.1, -0.05) is 30.3 Å². The van der Waals surface area contributed by atoms with Gasteiger partial charge in [0.25, 0.3) is 5.91 Å². The van der Waals surface area contributed by atoms with E-state index in [1.807, 2.05) is 48.5 Å². The Morgan fingerprint density at radius 2 is 1.80 bits per heavy atom. The summed E-state index contributed by atoms with van der Waals surface area (Å²) < 4.78 is 0.849. The van der Waals surface area contributed by atoms with E-state index in [1.54, 1.807) is 12.3 Å². The van der Waals surface area contributed by atoms with E-state index in [2.05, 4.69) is 26.2 Å². The van der Waals surface area contributed by atoms with E-state index >= 15 is 0 Å². The normalized spacial score (nSPS) is 10.4. The zero-order valence-electron chi connectivity index (χ0n) is 10.5. The van der Waals surface area contributed by atoms with Crippen molar-refractivity contribution in [1.29, 1.82) is 0 Å². The van der Waals surface area contributed by atoms with Crippen LogP contribution in [0.5, 0.6) is 0 Å². The van der Waals surface area contributed by atoms with Gasteiger partial charge in [-0.05, 0) is 40.2 Å². The average Bonchev–Trinajstić information content (AvgIpc) is 2.49. The van der Waals surface area contributed by atoms with Crippen LogP contribution in [0.25, 0.3) is 10.9 Å². The summed E-state index contributed by atoms with van der Waals surface area (Å²) in [6.07, 6.45) is 1.69. The Kier molecular flexibility index (Phi) is 3.48. The third-order valence-corrected chi connectivity index (χ3v) is 3.69. The fourth-order valence-electron chi connectivity index (χ4n) is 2.04. The molecule has 0 radical (unpaired) electrons. The molecule has 1 N–H and O–H groups in total. The van der Waals surface area contributed by atoms with Crippen LogP contribution in [0.2, 0.25) is 0 Å². The van der Waals surface area contributed by atoms with Gasteiger partial charge in [-0.3, -0.25) is 9.78 Å². The van der Waals surface area contributed by atoms with Crippen molar-refractivity contribution >= 4 is 38.4 Å². The van der Waals surface area contributed by atoms with Crippen molar-refractivity contribution < 1.29 is 4.79 Å². The molecule has 0 fully saturated rings. The largest absolute Gasteiger partial charge is 0.321 e. The van der Waals surface area contributed by atoms with Crippen molar-refractivity contribution in [2.75, 3.05) is 5.32 Å². The summed E-state index contributed by atoms with van der Waals surface area (Å²) in [6, 6.07) is 16.9. The van der Waals surface area contributed by atoms with Gasteiger partial charge >= 0.3 is 0 Å². The number of amides is 1. The Balaban J connectivity index is 1.99. The fourth-order valence-corrected chi connectivity index (χ4v) is 2.42. The highest BCUT2D eigenvalue weighted by Crippen LogP contribution is 2.23. The van der Waals surface area contributed by atoms with E-state index in [4.69, 9.17) is 0 Å². The van der Waals surface area contributed by atoms with Crippen LogP contribution in [0.3, 0.4) is 0 Å². The van der Waals surface area contributed by atoms with Crippen LogP contribution in [0, 0.1) is 0 Å².